The second kappa shape index (κ2) is 9.11. The molecule has 0 spiro atoms. The minimum Gasteiger partial charge on any atom is -0.493 e. The molecule has 0 saturated carbocycles. The molecule has 0 aliphatic heterocycles. The Hall–Kier alpha value is -1.52. The molecule has 148 valence electrons. The van der Waals surface area contributed by atoms with E-state index in [1.807, 2.05) is 24.3 Å². The van der Waals surface area contributed by atoms with Gasteiger partial charge in [-0.2, -0.15) is 0 Å². The number of nitrogens with one attached hydrogen (secondary N) is 1. The third-order valence-electron chi connectivity index (χ3n) is 4.27. The van der Waals surface area contributed by atoms with Gasteiger partial charge in [0.25, 0.3) is 0 Å². The first-order chi connectivity index (χ1) is 12.6. The Balaban J connectivity index is 2.20. The van der Waals surface area contributed by atoms with Crippen LogP contribution in [0.2, 0.25) is 0 Å². The van der Waals surface area contributed by atoms with Crippen LogP contribution in [-0.4, -0.2) is 12.6 Å². The third kappa shape index (κ3) is 7.19. The number of rotatable bonds is 8. The van der Waals surface area contributed by atoms with Gasteiger partial charge in [0.15, 0.2) is 11.5 Å². The van der Waals surface area contributed by atoms with Crippen molar-refractivity contribution >= 4 is 15.9 Å². The van der Waals surface area contributed by atoms with Crippen molar-refractivity contribution in [3.63, 3.8) is 0 Å². The maximum absolute atomic E-state index is 6.18. The molecule has 0 unspecified atom stereocenters. The van der Waals surface area contributed by atoms with Crippen LogP contribution in [0.3, 0.4) is 0 Å². The van der Waals surface area contributed by atoms with E-state index in [1.165, 1.54) is 0 Å². The molecule has 0 aliphatic carbocycles. The molecule has 2 aromatic rings. The summed E-state index contributed by atoms with van der Waals surface area (Å²) in [6.07, 6.45) is 1.07. The fourth-order valence-electron chi connectivity index (χ4n) is 3.52. The summed E-state index contributed by atoms with van der Waals surface area (Å²) in [6, 6.07) is 14.2. The Bertz CT molecular complexity index is 736. The number of methoxy groups -OCH3 is 1. The Morgan fingerprint density at radius 1 is 1.00 bits per heavy atom. The molecule has 2 aromatic carbocycles. The molecule has 0 aromatic heterocycles. The maximum Gasteiger partial charge on any atom is 0.166 e. The van der Waals surface area contributed by atoms with Crippen molar-refractivity contribution in [1.29, 1.82) is 0 Å². The molecular formula is C23H32BrNO2. The van der Waals surface area contributed by atoms with Gasteiger partial charge in [0.1, 0.15) is 6.61 Å². The lowest BCUT2D eigenvalue weighted by molar-refractivity contribution is 0.237. The van der Waals surface area contributed by atoms with Crippen LogP contribution in [-0.2, 0) is 13.2 Å². The summed E-state index contributed by atoms with van der Waals surface area (Å²) in [5.41, 5.74) is 2.50. The molecule has 2 rings (SSSR count). The highest BCUT2D eigenvalue weighted by molar-refractivity contribution is 9.10. The first kappa shape index (κ1) is 21.8. The highest BCUT2D eigenvalue weighted by Crippen LogP contribution is 2.36. The van der Waals surface area contributed by atoms with Gasteiger partial charge in [0.2, 0.25) is 0 Å². The Kier molecular flexibility index (Phi) is 7.35. The topological polar surface area (TPSA) is 30.5 Å². The molecule has 0 aliphatic rings. The van der Waals surface area contributed by atoms with Crippen molar-refractivity contribution in [2.45, 2.75) is 59.7 Å². The van der Waals surface area contributed by atoms with Crippen molar-refractivity contribution in [3.8, 4) is 11.5 Å². The van der Waals surface area contributed by atoms with Crippen LogP contribution in [0.1, 0.15) is 52.2 Å². The van der Waals surface area contributed by atoms with Crippen molar-refractivity contribution in [2.75, 3.05) is 7.11 Å². The number of benzene rings is 2. The van der Waals surface area contributed by atoms with Crippen LogP contribution < -0.4 is 14.8 Å². The van der Waals surface area contributed by atoms with E-state index < -0.39 is 0 Å². The molecule has 0 bridgehead atoms. The number of halogens is 1. The SMILES string of the molecule is COc1cc(Br)cc(CNC(C)(C)CC(C)(C)C)c1OCc1ccccc1. The lowest BCUT2D eigenvalue weighted by atomic mass is 9.81. The van der Waals surface area contributed by atoms with Crippen LogP contribution in [0.15, 0.2) is 46.9 Å². The Labute approximate surface area is 172 Å². The molecule has 0 atom stereocenters. The predicted molar refractivity (Wildman–Crippen MR) is 116 cm³/mol. The van der Waals surface area contributed by atoms with Crippen LogP contribution in [0.25, 0.3) is 0 Å². The van der Waals surface area contributed by atoms with Crippen molar-refractivity contribution in [1.82, 2.24) is 5.32 Å². The van der Waals surface area contributed by atoms with Crippen LogP contribution >= 0.6 is 15.9 Å². The van der Waals surface area contributed by atoms with E-state index in [1.54, 1.807) is 7.11 Å². The molecule has 0 radical (unpaired) electrons. The van der Waals surface area contributed by atoms with Gasteiger partial charge in [-0.15, -0.1) is 0 Å². The zero-order chi connectivity index (χ0) is 20.1. The quantitative estimate of drug-likeness (QED) is 0.526. The largest absolute Gasteiger partial charge is 0.493 e. The summed E-state index contributed by atoms with van der Waals surface area (Å²) in [4.78, 5) is 0. The average molecular weight is 434 g/mol. The Morgan fingerprint density at radius 2 is 1.67 bits per heavy atom. The van der Waals surface area contributed by atoms with Gasteiger partial charge in [-0.25, -0.2) is 0 Å². The molecule has 0 fully saturated rings. The van der Waals surface area contributed by atoms with E-state index in [4.69, 9.17) is 9.47 Å². The first-order valence-corrected chi connectivity index (χ1v) is 10.2. The van der Waals surface area contributed by atoms with E-state index in [2.05, 4.69) is 74.1 Å². The minimum absolute atomic E-state index is 0.0184. The fraction of sp³-hybridized carbons (Fsp3) is 0.478. The van der Waals surface area contributed by atoms with Gasteiger partial charge < -0.3 is 14.8 Å². The molecule has 0 saturated heterocycles. The molecule has 0 amide bonds. The van der Waals surface area contributed by atoms with E-state index in [9.17, 15) is 0 Å². The summed E-state index contributed by atoms with van der Waals surface area (Å²) in [5, 5.41) is 3.69. The summed E-state index contributed by atoms with van der Waals surface area (Å²) in [5.74, 6) is 1.54. The van der Waals surface area contributed by atoms with Gasteiger partial charge in [-0.1, -0.05) is 67.0 Å². The molecular weight excluding hydrogens is 402 g/mol. The number of ether oxygens (including phenoxy) is 2. The normalized spacial score (nSPS) is 12.1. The van der Waals surface area contributed by atoms with E-state index in [0.717, 1.165) is 33.5 Å². The van der Waals surface area contributed by atoms with E-state index >= 15 is 0 Å². The van der Waals surface area contributed by atoms with Crippen molar-refractivity contribution in [3.05, 3.63) is 58.1 Å². The van der Waals surface area contributed by atoms with Gasteiger partial charge in [0, 0.05) is 22.1 Å². The fourth-order valence-corrected chi connectivity index (χ4v) is 4.01. The molecule has 0 heterocycles. The summed E-state index contributed by atoms with van der Waals surface area (Å²) < 4.78 is 12.7. The van der Waals surface area contributed by atoms with Gasteiger partial charge in [0.05, 0.1) is 7.11 Å². The van der Waals surface area contributed by atoms with Gasteiger partial charge in [-0.3, -0.25) is 0 Å². The monoisotopic (exact) mass is 433 g/mol. The highest BCUT2D eigenvalue weighted by atomic mass is 79.9. The van der Waals surface area contributed by atoms with E-state index in [0.29, 0.717) is 13.2 Å². The predicted octanol–water partition coefficient (Wildman–Crippen LogP) is 6.34. The van der Waals surface area contributed by atoms with Crippen molar-refractivity contribution < 1.29 is 9.47 Å². The average Bonchev–Trinajstić information content (AvgIpc) is 2.57. The minimum atomic E-state index is 0.0184. The van der Waals surface area contributed by atoms with E-state index in [-0.39, 0.29) is 11.0 Å². The zero-order valence-electron chi connectivity index (χ0n) is 17.4. The standard InChI is InChI=1S/C23H32BrNO2/c1-22(2,3)16-23(4,5)25-14-18-12-19(24)13-20(26-6)21(18)27-15-17-10-8-7-9-11-17/h7-13,25H,14-16H2,1-6H3. The first-order valence-electron chi connectivity index (χ1n) is 9.38. The third-order valence-corrected chi connectivity index (χ3v) is 4.73. The zero-order valence-corrected chi connectivity index (χ0v) is 18.9. The maximum atomic E-state index is 6.18. The lowest BCUT2D eigenvalue weighted by Crippen LogP contribution is -2.41. The summed E-state index contributed by atoms with van der Waals surface area (Å²) >= 11 is 3.59. The summed E-state index contributed by atoms with van der Waals surface area (Å²) in [7, 11) is 1.68. The highest BCUT2D eigenvalue weighted by Gasteiger charge is 2.25. The summed E-state index contributed by atoms with van der Waals surface area (Å²) in [6.45, 7) is 12.5. The van der Waals surface area contributed by atoms with Crippen LogP contribution in [0.4, 0.5) is 0 Å². The van der Waals surface area contributed by atoms with Gasteiger partial charge in [-0.05, 0) is 43.4 Å². The van der Waals surface area contributed by atoms with Crippen LogP contribution in [0.5, 0.6) is 11.5 Å². The second-order valence-corrected chi connectivity index (χ2v) is 9.76. The lowest BCUT2D eigenvalue weighted by Gasteiger charge is -2.34. The van der Waals surface area contributed by atoms with Crippen LogP contribution in [0, 0.1) is 5.41 Å². The van der Waals surface area contributed by atoms with Crippen molar-refractivity contribution in [2.24, 2.45) is 5.41 Å². The molecule has 4 heteroatoms. The molecule has 3 nitrogen and oxygen atoms in total. The second-order valence-electron chi connectivity index (χ2n) is 8.85. The smallest absolute Gasteiger partial charge is 0.166 e. The molecule has 27 heavy (non-hydrogen) atoms. The molecule has 1 N–H and O–H groups in total. The number of hydrogen-bond acceptors (Lipinski definition) is 3. The Morgan fingerprint density at radius 3 is 2.26 bits per heavy atom. The number of hydrogen-bond donors (Lipinski definition) is 1. The van der Waals surface area contributed by atoms with Gasteiger partial charge >= 0.3 is 0 Å².